The van der Waals surface area contributed by atoms with Crippen LogP contribution in [0.15, 0.2) is 66.7 Å². The minimum atomic E-state index is -4.49. The van der Waals surface area contributed by atoms with Crippen LogP contribution in [0.25, 0.3) is 0 Å². The Morgan fingerprint density at radius 1 is 0.581 bits per heavy atom. The van der Waals surface area contributed by atoms with Gasteiger partial charge in [-0.2, -0.15) is 13.2 Å². The van der Waals surface area contributed by atoms with E-state index >= 15 is 0 Å². The lowest BCUT2D eigenvalue weighted by atomic mass is 10.0. The van der Waals surface area contributed by atoms with E-state index in [9.17, 15) is 41.9 Å². The third-order valence-corrected chi connectivity index (χ3v) is 11.0. The molecule has 2 heterocycles. The molecule has 0 bridgehead atoms. The zero-order chi connectivity index (χ0) is 52.8. The molecule has 0 aliphatic carbocycles. The van der Waals surface area contributed by atoms with Crippen LogP contribution in [-0.2, 0) is 67.9 Å². The van der Waals surface area contributed by atoms with Gasteiger partial charge in [0.25, 0.3) is 11.8 Å². The van der Waals surface area contributed by atoms with E-state index in [2.05, 4.69) is 16.0 Å². The number of nitrogens with one attached hydrogen (secondary N) is 3. The van der Waals surface area contributed by atoms with Crippen molar-refractivity contribution >= 4 is 52.6 Å². The number of fused-ring (bicyclic) bond motifs is 1. The number of alkyl halides is 3. The molecular formula is C51H65F3N4O16. The first-order chi connectivity index (χ1) is 35.9. The van der Waals surface area contributed by atoms with Crippen LogP contribution in [0.3, 0.4) is 0 Å². The monoisotopic (exact) mass is 1050 g/mol. The van der Waals surface area contributed by atoms with Gasteiger partial charge in [0.1, 0.15) is 12.6 Å². The number of piperidine rings is 1. The second kappa shape index (κ2) is 33.1. The van der Waals surface area contributed by atoms with Crippen LogP contribution >= 0.6 is 0 Å². The quantitative estimate of drug-likeness (QED) is 0.0373. The second-order valence-corrected chi connectivity index (χ2v) is 16.4. The zero-order valence-electron chi connectivity index (χ0n) is 41.2. The topological polar surface area (TPSA) is 234 Å². The number of ether oxygens (including phenoxy) is 10. The summed E-state index contributed by atoms with van der Waals surface area (Å²) in [5.74, 6) is -3.42. The number of hydrogen-bond donors (Lipinski definition) is 3. The van der Waals surface area contributed by atoms with Crippen LogP contribution in [-0.4, -0.2) is 172 Å². The molecule has 406 valence electrons. The molecule has 2 aliphatic heterocycles. The fourth-order valence-corrected chi connectivity index (χ4v) is 7.33. The Labute approximate surface area is 427 Å². The van der Waals surface area contributed by atoms with Gasteiger partial charge in [0.05, 0.1) is 146 Å². The Morgan fingerprint density at radius 2 is 1.09 bits per heavy atom. The largest absolute Gasteiger partial charge is 0.460 e. The first kappa shape index (κ1) is 59.0. The van der Waals surface area contributed by atoms with Crippen molar-refractivity contribution in [1.29, 1.82) is 0 Å². The maximum absolute atomic E-state index is 13.2. The molecule has 3 aromatic carbocycles. The van der Waals surface area contributed by atoms with Crippen molar-refractivity contribution in [2.24, 2.45) is 0 Å². The van der Waals surface area contributed by atoms with Gasteiger partial charge >= 0.3 is 12.1 Å². The number of unbranched alkanes of at least 4 members (excludes halogenated alkanes) is 2. The number of imide groups is 2. The first-order valence-corrected chi connectivity index (χ1v) is 24.5. The number of rotatable bonds is 38. The van der Waals surface area contributed by atoms with Crippen molar-refractivity contribution in [2.75, 3.05) is 136 Å². The molecule has 23 heteroatoms. The number of hydrogen-bond acceptors (Lipinski definition) is 17. The van der Waals surface area contributed by atoms with Crippen molar-refractivity contribution in [3.8, 4) is 0 Å². The molecule has 0 saturated carbocycles. The third kappa shape index (κ3) is 20.8. The van der Waals surface area contributed by atoms with Gasteiger partial charge in [0, 0.05) is 25.1 Å². The molecule has 0 spiro atoms. The summed E-state index contributed by atoms with van der Waals surface area (Å²) < 4.78 is 94.1. The number of esters is 1. The van der Waals surface area contributed by atoms with Crippen LogP contribution in [0.1, 0.15) is 75.2 Å². The van der Waals surface area contributed by atoms with Gasteiger partial charge in [-0.3, -0.25) is 34.2 Å². The summed E-state index contributed by atoms with van der Waals surface area (Å²) in [6.45, 7) is 6.96. The van der Waals surface area contributed by atoms with Crippen molar-refractivity contribution in [3.63, 3.8) is 0 Å². The van der Waals surface area contributed by atoms with E-state index in [1.54, 1.807) is 24.3 Å². The third-order valence-electron chi connectivity index (χ3n) is 11.0. The molecule has 3 N–H and O–H groups in total. The molecule has 1 atom stereocenters. The number of amides is 5. The van der Waals surface area contributed by atoms with Gasteiger partial charge in [-0.05, 0) is 61.7 Å². The van der Waals surface area contributed by atoms with E-state index in [-0.39, 0.29) is 73.1 Å². The van der Waals surface area contributed by atoms with Crippen LogP contribution < -0.4 is 16.0 Å². The van der Waals surface area contributed by atoms with Gasteiger partial charge < -0.3 is 58.0 Å². The van der Waals surface area contributed by atoms with E-state index in [0.29, 0.717) is 118 Å². The minimum absolute atomic E-state index is 0.0161. The van der Waals surface area contributed by atoms with Crippen LogP contribution in [0.2, 0.25) is 0 Å². The maximum Gasteiger partial charge on any atom is 0.416 e. The minimum Gasteiger partial charge on any atom is -0.460 e. The summed E-state index contributed by atoms with van der Waals surface area (Å²) >= 11 is 0. The molecule has 3 aromatic rings. The number of carbonyl (C=O) groups excluding carboxylic acids is 6. The van der Waals surface area contributed by atoms with E-state index in [1.807, 2.05) is 0 Å². The molecule has 1 saturated heterocycles. The van der Waals surface area contributed by atoms with Gasteiger partial charge in [-0.25, -0.2) is 4.79 Å². The van der Waals surface area contributed by atoms with Crippen LogP contribution in [0, 0.1) is 0 Å². The van der Waals surface area contributed by atoms with E-state index in [4.69, 9.17) is 47.4 Å². The van der Waals surface area contributed by atoms with E-state index in [0.717, 1.165) is 29.9 Å². The summed E-state index contributed by atoms with van der Waals surface area (Å²) in [6, 6.07) is 14.5. The van der Waals surface area contributed by atoms with E-state index < -0.39 is 47.4 Å². The predicted molar refractivity (Wildman–Crippen MR) is 259 cm³/mol. The van der Waals surface area contributed by atoms with Crippen molar-refractivity contribution in [2.45, 2.75) is 50.7 Å². The summed E-state index contributed by atoms with van der Waals surface area (Å²) in [5, 5.41) is 7.75. The normalized spacial score (nSPS) is 14.6. The average Bonchev–Trinajstić information content (AvgIpc) is 3.63. The highest BCUT2D eigenvalue weighted by Gasteiger charge is 2.45. The number of benzene rings is 3. The highest BCUT2D eigenvalue weighted by molar-refractivity contribution is 6.26. The Morgan fingerprint density at radius 3 is 1.65 bits per heavy atom. The Balaban J connectivity index is 0.714. The highest BCUT2D eigenvalue weighted by Crippen LogP contribution is 2.34. The van der Waals surface area contributed by atoms with Gasteiger partial charge in [-0.1, -0.05) is 30.7 Å². The molecule has 1 unspecified atom stereocenters. The summed E-state index contributed by atoms with van der Waals surface area (Å²) in [6.07, 6.45) is -2.14. The molecule has 20 nitrogen and oxygen atoms in total. The Bertz CT molecular complexity index is 2250. The van der Waals surface area contributed by atoms with Gasteiger partial charge in [-0.15, -0.1) is 0 Å². The SMILES string of the molecule is O=C1CCC(N2C(=O)c3cccc(NC(=O)CCCCCOCCOCCOCCOCCOCCOCCOCCOCCOCCOC(=O)c4ccccc4Nc4cccc(C(F)(F)F)c4)c3C2=O)C(=O)N1. The molecule has 0 aromatic heterocycles. The first-order valence-electron chi connectivity index (χ1n) is 24.5. The zero-order valence-corrected chi connectivity index (χ0v) is 41.2. The second-order valence-electron chi connectivity index (χ2n) is 16.4. The summed E-state index contributed by atoms with van der Waals surface area (Å²) in [5.41, 5.74) is 0.199. The van der Waals surface area contributed by atoms with Gasteiger partial charge in [0.2, 0.25) is 17.7 Å². The number of halogens is 3. The molecule has 2 aliphatic rings. The average molecular weight is 1050 g/mol. The van der Waals surface area contributed by atoms with Crippen molar-refractivity contribution < 1.29 is 89.3 Å². The lowest BCUT2D eigenvalue weighted by Crippen LogP contribution is -2.54. The molecule has 0 radical (unpaired) electrons. The number of para-hydroxylation sites is 1. The number of nitrogens with zero attached hydrogens (tertiary/aromatic N) is 1. The summed E-state index contributed by atoms with van der Waals surface area (Å²) in [7, 11) is 0. The van der Waals surface area contributed by atoms with Crippen LogP contribution in [0.5, 0.6) is 0 Å². The maximum atomic E-state index is 13.2. The summed E-state index contributed by atoms with van der Waals surface area (Å²) in [4.78, 5) is 76.3. The van der Waals surface area contributed by atoms with Crippen LogP contribution in [0.4, 0.5) is 30.2 Å². The Hall–Kier alpha value is -5.89. The van der Waals surface area contributed by atoms with Gasteiger partial charge in [0.15, 0.2) is 0 Å². The highest BCUT2D eigenvalue weighted by atomic mass is 19.4. The molecule has 5 rings (SSSR count). The Kier molecular flexibility index (Phi) is 26.4. The molecule has 1 fully saturated rings. The smallest absolute Gasteiger partial charge is 0.416 e. The molecular weight excluding hydrogens is 982 g/mol. The molecule has 5 amide bonds. The molecule has 74 heavy (non-hydrogen) atoms. The number of anilines is 3. The fourth-order valence-electron chi connectivity index (χ4n) is 7.33. The lowest BCUT2D eigenvalue weighted by molar-refractivity contribution is -0.138. The lowest BCUT2D eigenvalue weighted by Gasteiger charge is -2.27. The number of carbonyl (C=O) groups is 6. The standard InChI is InChI=1S/C51H65F3N4O16/c52-51(53,54)37-8-6-9-38(36-37)55-41-12-4-3-10-39(41)50(64)74-35-34-73-33-32-72-31-30-71-29-28-70-27-26-69-25-24-68-23-22-67-21-20-66-19-18-65-17-5-1-2-14-44(59)56-42-13-7-11-40-46(42)49(63)58(48(40)62)43-15-16-45(60)57-47(43)61/h3-4,6-13,36,43,55H,1-2,5,14-35H2,(H,56,59)(H,57,60,61). The predicted octanol–water partition coefficient (Wildman–Crippen LogP) is 5.36. The fraction of sp³-hybridized carbons (Fsp3) is 0.529. The van der Waals surface area contributed by atoms with E-state index in [1.165, 1.54) is 30.3 Å². The van der Waals surface area contributed by atoms with Crippen molar-refractivity contribution in [1.82, 2.24) is 10.2 Å². The van der Waals surface area contributed by atoms with Crippen molar-refractivity contribution in [3.05, 3.63) is 89.0 Å².